The van der Waals surface area contributed by atoms with E-state index in [1.165, 1.54) is 4.80 Å². The Kier molecular flexibility index (Phi) is 2.00. The molecule has 1 aromatic heterocycles. The van der Waals surface area contributed by atoms with Crippen molar-refractivity contribution in [2.75, 3.05) is 0 Å². The van der Waals surface area contributed by atoms with Crippen molar-refractivity contribution >= 4 is 15.9 Å². The summed E-state index contributed by atoms with van der Waals surface area (Å²) in [6.45, 7) is 5.70. The molecule has 0 atom stereocenters. The predicted octanol–water partition coefficient (Wildman–Crippen LogP) is 1.93. The zero-order chi connectivity index (χ0) is 8.65. The molecule has 0 saturated carbocycles. The Labute approximate surface area is 72.7 Å². The van der Waals surface area contributed by atoms with E-state index in [4.69, 9.17) is 0 Å². The molecule has 11 heavy (non-hydrogen) atoms. The fourth-order valence-corrected chi connectivity index (χ4v) is 0.801. The molecular formula is C6H9BrFN3. The van der Waals surface area contributed by atoms with Crippen molar-refractivity contribution in [2.45, 2.75) is 26.3 Å². The third kappa shape index (κ3) is 1.77. The van der Waals surface area contributed by atoms with Crippen molar-refractivity contribution < 1.29 is 4.39 Å². The Balaban J connectivity index is 3.08. The summed E-state index contributed by atoms with van der Waals surface area (Å²) in [6, 6.07) is 0. The highest BCUT2D eigenvalue weighted by molar-refractivity contribution is 9.10. The van der Waals surface area contributed by atoms with Crippen LogP contribution in [0.2, 0.25) is 0 Å². The second-order valence-corrected chi connectivity index (χ2v) is 3.99. The van der Waals surface area contributed by atoms with Crippen molar-refractivity contribution in [1.29, 1.82) is 0 Å². The van der Waals surface area contributed by atoms with E-state index in [0.717, 1.165) is 0 Å². The molecule has 0 N–H and O–H groups in total. The molecule has 1 rings (SSSR count). The van der Waals surface area contributed by atoms with Crippen molar-refractivity contribution in [3.8, 4) is 0 Å². The Morgan fingerprint density at radius 2 is 1.91 bits per heavy atom. The predicted molar refractivity (Wildman–Crippen MR) is 42.7 cm³/mol. The highest BCUT2D eigenvalue weighted by atomic mass is 79.9. The van der Waals surface area contributed by atoms with Gasteiger partial charge in [-0.1, -0.05) is 0 Å². The number of nitrogens with zero attached hydrogens (tertiary/aromatic N) is 3. The molecule has 0 bridgehead atoms. The van der Waals surface area contributed by atoms with Gasteiger partial charge in [0.15, 0.2) is 4.60 Å². The van der Waals surface area contributed by atoms with Crippen LogP contribution in [0, 0.1) is 5.95 Å². The normalized spacial score (nSPS) is 12.1. The van der Waals surface area contributed by atoms with Gasteiger partial charge in [-0.2, -0.15) is 9.19 Å². The molecular weight excluding hydrogens is 213 g/mol. The minimum absolute atomic E-state index is 0.160. The Morgan fingerprint density at radius 3 is 2.09 bits per heavy atom. The van der Waals surface area contributed by atoms with Gasteiger partial charge in [0.1, 0.15) is 0 Å². The minimum atomic E-state index is -0.570. The smallest absolute Gasteiger partial charge is 0.180 e. The molecule has 5 heteroatoms. The van der Waals surface area contributed by atoms with E-state index in [1.807, 2.05) is 20.8 Å². The van der Waals surface area contributed by atoms with Crippen LogP contribution in [0.15, 0.2) is 4.60 Å². The van der Waals surface area contributed by atoms with Crippen LogP contribution in [-0.2, 0) is 5.54 Å². The fourth-order valence-electron chi connectivity index (χ4n) is 0.571. The zero-order valence-electron chi connectivity index (χ0n) is 6.60. The van der Waals surface area contributed by atoms with Crippen LogP contribution < -0.4 is 0 Å². The fraction of sp³-hybridized carbons (Fsp3) is 0.667. The Hall–Kier alpha value is -0.450. The monoisotopic (exact) mass is 221 g/mol. The highest BCUT2D eigenvalue weighted by Crippen LogP contribution is 2.15. The van der Waals surface area contributed by atoms with Crippen molar-refractivity contribution in [3.63, 3.8) is 0 Å². The van der Waals surface area contributed by atoms with Gasteiger partial charge in [0.2, 0.25) is 0 Å². The summed E-state index contributed by atoms with van der Waals surface area (Å²) >= 11 is 2.94. The summed E-state index contributed by atoms with van der Waals surface area (Å²) in [5.41, 5.74) is -0.271. The SMILES string of the molecule is CC(C)(C)n1nc(F)c(Br)n1. The summed E-state index contributed by atoms with van der Waals surface area (Å²) in [4.78, 5) is 1.34. The molecule has 0 aliphatic carbocycles. The van der Waals surface area contributed by atoms with Gasteiger partial charge in [0.05, 0.1) is 5.54 Å². The molecule has 0 amide bonds. The second-order valence-electron chi connectivity index (χ2n) is 3.24. The van der Waals surface area contributed by atoms with Crippen LogP contribution in [0.5, 0.6) is 0 Å². The van der Waals surface area contributed by atoms with Gasteiger partial charge in [-0.3, -0.25) is 0 Å². The third-order valence-corrected chi connectivity index (χ3v) is 1.62. The van der Waals surface area contributed by atoms with Gasteiger partial charge >= 0.3 is 0 Å². The second kappa shape index (κ2) is 2.55. The molecule has 1 heterocycles. The lowest BCUT2D eigenvalue weighted by molar-refractivity contribution is 0.303. The van der Waals surface area contributed by atoms with Gasteiger partial charge in [-0.05, 0) is 36.7 Å². The summed E-state index contributed by atoms with van der Waals surface area (Å²) in [6.07, 6.45) is 0. The maximum absolute atomic E-state index is 12.6. The number of halogens is 2. The van der Waals surface area contributed by atoms with Gasteiger partial charge in [-0.25, -0.2) is 0 Å². The van der Waals surface area contributed by atoms with Crippen LogP contribution >= 0.6 is 15.9 Å². The number of hydrogen-bond donors (Lipinski definition) is 0. The average Bonchev–Trinajstić information content (AvgIpc) is 2.11. The first-order valence-electron chi connectivity index (χ1n) is 3.20. The summed E-state index contributed by atoms with van der Waals surface area (Å²) in [7, 11) is 0. The van der Waals surface area contributed by atoms with Gasteiger partial charge in [0.25, 0.3) is 5.95 Å². The molecule has 1 aromatic rings. The number of rotatable bonds is 0. The molecule has 0 aliphatic rings. The van der Waals surface area contributed by atoms with Crippen LogP contribution in [0.3, 0.4) is 0 Å². The third-order valence-electron chi connectivity index (χ3n) is 1.14. The minimum Gasteiger partial charge on any atom is -0.180 e. The molecule has 0 saturated heterocycles. The highest BCUT2D eigenvalue weighted by Gasteiger charge is 2.18. The topological polar surface area (TPSA) is 30.7 Å². The number of aromatic nitrogens is 3. The van der Waals surface area contributed by atoms with E-state index in [-0.39, 0.29) is 10.1 Å². The maximum atomic E-state index is 12.6. The standard InChI is InChI=1S/C6H9BrFN3/c1-6(2,3)11-9-4(7)5(8)10-11/h1-3H3. The molecule has 0 fully saturated rings. The molecule has 0 spiro atoms. The van der Waals surface area contributed by atoms with Crippen molar-refractivity contribution in [1.82, 2.24) is 15.0 Å². The molecule has 3 nitrogen and oxygen atoms in total. The van der Waals surface area contributed by atoms with Crippen LogP contribution in [0.4, 0.5) is 4.39 Å². The van der Waals surface area contributed by atoms with E-state index in [9.17, 15) is 4.39 Å². The van der Waals surface area contributed by atoms with Crippen molar-refractivity contribution in [2.24, 2.45) is 0 Å². The zero-order valence-corrected chi connectivity index (χ0v) is 8.18. The number of hydrogen-bond acceptors (Lipinski definition) is 2. The first-order chi connectivity index (χ1) is 4.91. The summed E-state index contributed by atoms with van der Waals surface area (Å²) in [5.74, 6) is -0.570. The molecule has 0 aliphatic heterocycles. The van der Waals surface area contributed by atoms with Crippen LogP contribution in [0.25, 0.3) is 0 Å². The van der Waals surface area contributed by atoms with E-state index in [1.54, 1.807) is 0 Å². The van der Waals surface area contributed by atoms with E-state index < -0.39 is 5.95 Å². The Morgan fingerprint density at radius 1 is 1.36 bits per heavy atom. The molecule has 0 aromatic carbocycles. The van der Waals surface area contributed by atoms with Gasteiger partial charge in [0, 0.05) is 0 Å². The van der Waals surface area contributed by atoms with Gasteiger partial charge < -0.3 is 0 Å². The maximum Gasteiger partial charge on any atom is 0.267 e. The lowest BCUT2D eigenvalue weighted by Gasteiger charge is -2.15. The first-order valence-corrected chi connectivity index (χ1v) is 3.99. The van der Waals surface area contributed by atoms with Crippen LogP contribution in [-0.4, -0.2) is 15.0 Å². The van der Waals surface area contributed by atoms with Gasteiger partial charge in [-0.15, -0.1) is 10.2 Å². The molecule has 0 radical (unpaired) electrons. The molecule has 62 valence electrons. The quantitative estimate of drug-likeness (QED) is 0.671. The van der Waals surface area contributed by atoms with Crippen molar-refractivity contribution in [3.05, 3.63) is 10.6 Å². The largest absolute Gasteiger partial charge is 0.267 e. The Bertz CT molecular complexity index is 244. The van der Waals surface area contributed by atoms with E-state index in [0.29, 0.717) is 0 Å². The summed E-state index contributed by atoms with van der Waals surface area (Å²) in [5, 5.41) is 7.40. The van der Waals surface area contributed by atoms with Crippen LogP contribution in [0.1, 0.15) is 20.8 Å². The average molecular weight is 222 g/mol. The first kappa shape index (κ1) is 8.64. The molecule has 0 unspecified atom stereocenters. The lowest BCUT2D eigenvalue weighted by Crippen LogP contribution is -2.24. The summed E-state index contributed by atoms with van der Waals surface area (Å²) < 4.78 is 12.8. The lowest BCUT2D eigenvalue weighted by atomic mass is 10.1. The van der Waals surface area contributed by atoms with E-state index in [2.05, 4.69) is 26.1 Å². The van der Waals surface area contributed by atoms with E-state index >= 15 is 0 Å².